The molecule has 10 nitrogen and oxygen atoms in total. The SMILES string of the molecule is CCOC(=O)c1c(C)[nH]c(C(=O)OC(C)C(=O)Nc2ccc(S(=O)(=O)NC(C)C)cc2)c1C. The van der Waals surface area contributed by atoms with Gasteiger partial charge in [0.1, 0.15) is 5.69 Å². The number of aromatic nitrogens is 1. The van der Waals surface area contributed by atoms with Gasteiger partial charge in [0.05, 0.1) is 17.1 Å². The number of esters is 2. The van der Waals surface area contributed by atoms with Crippen LogP contribution in [0.25, 0.3) is 0 Å². The molecule has 0 saturated heterocycles. The molecule has 0 radical (unpaired) electrons. The van der Waals surface area contributed by atoms with Crippen LogP contribution in [0.1, 0.15) is 59.8 Å². The number of sulfonamides is 1. The van der Waals surface area contributed by atoms with Crippen molar-refractivity contribution in [2.45, 2.75) is 58.6 Å². The molecule has 33 heavy (non-hydrogen) atoms. The Morgan fingerprint density at radius 3 is 2.18 bits per heavy atom. The number of carbonyl (C=O) groups is 3. The minimum absolute atomic E-state index is 0.0578. The van der Waals surface area contributed by atoms with E-state index in [1.807, 2.05) is 0 Å². The lowest BCUT2D eigenvalue weighted by Crippen LogP contribution is -2.31. The van der Waals surface area contributed by atoms with E-state index in [4.69, 9.17) is 9.47 Å². The quantitative estimate of drug-likeness (QED) is 0.469. The van der Waals surface area contributed by atoms with E-state index in [0.29, 0.717) is 16.9 Å². The number of benzene rings is 1. The van der Waals surface area contributed by atoms with E-state index in [1.54, 1.807) is 34.6 Å². The lowest BCUT2D eigenvalue weighted by molar-refractivity contribution is -0.123. The van der Waals surface area contributed by atoms with Crippen molar-refractivity contribution >= 4 is 33.6 Å². The largest absolute Gasteiger partial charge is 0.462 e. The molecule has 180 valence electrons. The molecule has 3 N–H and O–H groups in total. The van der Waals surface area contributed by atoms with Crippen LogP contribution < -0.4 is 10.0 Å². The van der Waals surface area contributed by atoms with Gasteiger partial charge in [0.25, 0.3) is 5.91 Å². The number of hydrogen-bond donors (Lipinski definition) is 3. The Balaban J connectivity index is 2.06. The zero-order chi connectivity index (χ0) is 24.9. The first-order valence-electron chi connectivity index (χ1n) is 10.4. The molecule has 1 heterocycles. The molecule has 0 aliphatic carbocycles. The zero-order valence-corrected chi connectivity index (χ0v) is 20.3. The maximum Gasteiger partial charge on any atom is 0.355 e. The Bertz CT molecular complexity index is 1140. The monoisotopic (exact) mass is 479 g/mol. The van der Waals surface area contributed by atoms with E-state index in [-0.39, 0.29) is 28.8 Å². The number of carbonyl (C=O) groups excluding carboxylic acids is 3. The van der Waals surface area contributed by atoms with Gasteiger partial charge in [0.2, 0.25) is 10.0 Å². The highest BCUT2D eigenvalue weighted by atomic mass is 32.2. The van der Waals surface area contributed by atoms with Gasteiger partial charge in [-0.3, -0.25) is 4.79 Å². The summed E-state index contributed by atoms with van der Waals surface area (Å²) >= 11 is 0. The third-order valence-electron chi connectivity index (χ3n) is 4.60. The summed E-state index contributed by atoms with van der Waals surface area (Å²) in [6.45, 7) is 9.91. The first kappa shape index (κ1) is 26.1. The average molecular weight is 480 g/mol. The van der Waals surface area contributed by atoms with Crippen LogP contribution in [0.5, 0.6) is 0 Å². The van der Waals surface area contributed by atoms with Crippen LogP contribution in [0, 0.1) is 13.8 Å². The van der Waals surface area contributed by atoms with Gasteiger partial charge in [0.15, 0.2) is 6.10 Å². The third-order valence-corrected chi connectivity index (χ3v) is 6.27. The summed E-state index contributed by atoms with van der Waals surface area (Å²) in [5.74, 6) is -1.96. The molecular formula is C22H29N3O7S. The van der Waals surface area contributed by atoms with Gasteiger partial charge in [-0.2, -0.15) is 0 Å². The van der Waals surface area contributed by atoms with E-state index in [9.17, 15) is 22.8 Å². The third kappa shape index (κ3) is 6.42. The fraction of sp³-hybridized carbons (Fsp3) is 0.409. The summed E-state index contributed by atoms with van der Waals surface area (Å²) in [5.41, 5.74) is 1.47. The van der Waals surface area contributed by atoms with Crippen molar-refractivity contribution in [2.24, 2.45) is 0 Å². The first-order valence-corrected chi connectivity index (χ1v) is 11.9. The van der Waals surface area contributed by atoms with Crippen LogP contribution in [0.2, 0.25) is 0 Å². The van der Waals surface area contributed by atoms with Crippen molar-refractivity contribution < 1.29 is 32.3 Å². The Kier molecular flexibility index (Phi) is 8.39. The Hall–Kier alpha value is -3.18. The van der Waals surface area contributed by atoms with Crippen molar-refractivity contribution in [1.82, 2.24) is 9.71 Å². The Labute approximate surface area is 193 Å². The van der Waals surface area contributed by atoms with E-state index < -0.39 is 34.0 Å². The molecule has 11 heteroatoms. The topological polar surface area (TPSA) is 144 Å². The second kappa shape index (κ2) is 10.6. The number of aryl methyl sites for hydroxylation is 1. The molecule has 0 aliphatic rings. The molecule has 0 bridgehead atoms. The summed E-state index contributed by atoms with van der Waals surface area (Å²) < 4.78 is 37.1. The van der Waals surface area contributed by atoms with Crippen molar-refractivity contribution in [2.75, 3.05) is 11.9 Å². The summed E-state index contributed by atoms with van der Waals surface area (Å²) in [6.07, 6.45) is -1.16. The van der Waals surface area contributed by atoms with Gasteiger partial charge in [0, 0.05) is 17.4 Å². The highest BCUT2D eigenvalue weighted by Crippen LogP contribution is 2.21. The second-order valence-corrected chi connectivity index (χ2v) is 9.40. The summed E-state index contributed by atoms with van der Waals surface area (Å²) in [4.78, 5) is 40.0. The van der Waals surface area contributed by atoms with Crippen molar-refractivity contribution in [3.8, 4) is 0 Å². The summed E-state index contributed by atoms with van der Waals surface area (Å²) in [7, 11) is -3.65. The second-order valence-electron chi connectivity index (χ2n) is 7.68. The molecule has 1 aromatic heterocycles. The van der Waals surface area contributed by atoms with Gasteiger partial charge >= 0.3 is 11.9 Å². The number of aromatic amines is 1. The molecule has 0 spiro atoms. The fourth-order valence-electron chi connectivity index (χ4n) is 3.08. The number of H-pyrrole nitrogens is 1. The van der Waals surface area contributed by atoms with E-state index in [1.165, 1.54) is 31.2 Å². The van der Waals surface area contributed by atoms with Crippen molar-refractivity contribution in [3.05, 3.63) is 46.8 Å². The molecule has 1 aromatic carbocycles. The van der Waals surface area contributed by atoms with Crippen LogP contribution in [-0.2, 0) is 24.3 Å². The van der Waals surface area contributed by atoms with Crippen molar-refractivity contribution in [3.63, 3.8) is 0 Å². The minimum atomic E-state index is -3.65. The average Bonchev–Trinajstić information content (AvgIpc) is 3.01. The van der Waals surface area contributed by atoms with Gasteiger partial charge in [-0.05, 0) is 71.4 Å². The number of amides is 1. The molecular weight excluding hydrogens is 450 g/mol. The maximum atomic E-state index is 12.6. The normalized spacial score (nSPS) is 12.3. The zero-order valence-electron chi connectivity index (χ0n) is 19.4. The van der Waals surface area contributed by atoms with E-state index in [0.717, 1.165) is 0 Å². The first-order chi connectivity index (χ1) is 15.4. The highest BCUT2D eigenvalue weighted by Gasteiger charge is 2.26. The maximum absolute atomic E-state index is 12.6. The van der Waals surface area contributed by atoms with Gasteiger partial charge in [-0.25, -0.2) is 22.7 Å². The van der Waals surface area contributed by atoms with Crippen LogP contribution >= 0.6 is 0 Å². The lowest BCUT2D eigenvalue weighted by atomic mass is 10.1. The Morgan fingerprint density at radius 1 is 1.03 bits per heavy atom. The number of hydrogen-bond acceptors (Lipinski definition) is 7. The van der Waals surface area contributed by atoms with Crippen molar-refractivity contribution in [1.29, 1.82) is 0 Å². The van der Waals surface area contributed by atoms with Crippen LogP contribution in [0.3, 0.4) is 0 Å². The molecule has 2 aromatic rings. The number of anilines is 1. The predicted molar refractivity (Wildman–Crippen MR) is 122 cm³/mol. The molecule has 1 unspecified atom stereocenters. The molecule has 0 fully saturated rings. The van der Waals surface area contributed by atoms with Gasteiger partial charge in [-0.15, -0.1) is 0 Å². The Morgan fingerprint density at radius 2 is 1.64 bits per heavy atom. The highest BCUT2D eigenvalue weighted by molar-refractivity contribution is 7.89. The predicted octanol–water partition coefficient (Wildman–Crippen LogP) is 2.68. The van der Waals surface area contributed by atoms with Gasteiger partial charge in [-0.1, -0.05) is 0 Å². The van der Waals surface area contributed by atoms with E-state index in [2.05, 4.69) is 15.0 Å². The summed E-state index contributed by atoms with van der Waals surface area (Å²) in [5, 5.41) is 2.57. The van der Waals surface area contributed by atoms with E-state index >= 15 is 0 Å². The molecule has 0 aliphatic heterocycles. The summed E-state index contributed by atoms with van der Waals surface area (Å²) in [6, 6.07) is 5.33. The minimum Gasteiger partial charge on any atom is -0.462 e. The van der Waals surface area contributed by atoms with Gasteiger partial charge < -0.3 is 19.8 Å². The number of nitrogens with one attached hydrogen (secondary N) is 3. The number of ether oxygens (including phenoxy) is 2. The van der Waals surface area contributed by atoms with Crippen LogP contribution in [-0.4, -0.2) is 50.0 Å². The molecule has 2 rings (SSSR count). The fourth-order valence-corrected chi connectivity index (χ4v) is 4.33. The molecule has 0 saturated carbocycles. The lowest BCUT2D eigenvalue weighted by Gasteiger charge is -2.14. The van der Waals surface area contributed by atoms with Crippen LogP contribution in [0.4, 0.5) is 5.69 Å². The smallest absolute Gasteiger partial charge is 0.355 e. The van der Waals surface area contributed by atoms with Crippen LogP contribution in [0.15, 0.2) is 29.2 Å². The molecule has 1 atom stereocenters. The number of rotatable bonds is 9. The molecule has 1 amide bonds. The standard InChI is InChI=1S/C22H29N3O7S/c1-7-31-21(27)18-13(4)19(23-14(18)5)22(28)32-15(6)20(26)24-16-8-10-17(11-9-16)33(29,30)25-12(2)3/h8-12,15,23,25H,7H2,1-6H3,(H,24,26).